The number of carbonyl (C=O) groups excluding carboxylic acids is 1. The van der Waals surface area contributed by atoms with Gasteiger partial charge in [-0.3, -0.25) is 4.79 Å². The number of nitrogens with two attached hydrogens (primary N) is 1. The molecule has 4 heteroatoms. The van der Waals surface area contributed by atoms with Crippen LogP contribution in [0.3, 0.4) is 0 Å². The largest absolute Gasteiger partial charge is 0.398 e. The molecule has 21 heavy (non-hydrogen) atoms. The van der Waals surface area contributed by atoms with E-state index in [0.29, 0.717) is 28.2 Å². The van der Waals surface area contributed by atoms with Gasteiger partial charge in [-0.05, 0) is 49.8 Å². The summed E-state index contributed by atoms with van der Waals surface area (Å²) in [4.78, 5) is 14.9. The third kappa shape index (κ3) is 3.03. The van der Waals surface area contributed by atoms with Crippen molar-refractivity contribution in [3.8, 4) is 0 Å². The summed E-state index contributed by atoms with van der Waals surface area (Å²) in [6.45, 7) is 0.863. The second-order valence-corrected chi connectivity index (χ2v) is 6.77. The lowest BCUT2D eigenvalue weighted by molar-refractivity contribution is 0.0662. The molecule has 2 aliphatic rings. The molecule has 1 saturated carbocycles. The van der Waals surface area contributed by atoms with Crippen LogP contribution >= 0.6 is 11.6 Å². The number of anilines is 1. The van der Waals surface area contributed by atoms with Gasteiger partial charge in [0.1, 0.15) is 0 Å². The number of amides is 1. The number of rotatable bonds is 2. The summed E-state index contributed by atoms with van der Waals surface area (Å²) in [7, 11) is 0. The molecule has 0 spiro atoms. The van der Waals surface area contributed by atoms with E-state index in [1.54, 1.807) is 18.2 Å². The highest BCUT2D eigenvalue weighted by Gasteiger charge is 2.35. The number of benzene rings is 1. The van der Waals surface area contributed by atoms with Crippen LogP contribution in [0.1, 0.15) is 55.3 Å². The lowest BCUT2D eigenvalue weighted by Crippen LogP contribution is -2.41. The average Bonchev–Trinajstić information content (AvgIpc) is 2.97. The molecule has 1 unspecified atom stereocenters. The average molecular weight is 307 g/mol. The molecule has 0 bridgehead atoms. The van der Waals surface area contributed by atoms with Crippen LogP contribution in [-0.4, -0.2) is 23.4 Å². The number of halogens is 1. The summed E-state index contributed by atoms with van der Waals surface area (Å²) >= 11 is 5.93. The molecule has 2 N–H and O–H groups in total. The lowest BCUT2D eigenvalue weighted by Gasteiger charge is -2.34. The van der Waals surface area contributed by atoms with Crippen LogP contribution in [0, 0.1) is 5.92 Å². The Morgan fingerprint density at radius 1 is 1.14 bits per heavy atom. The predicted octanol–water partition coefficient (Wildman–Crippen LogP) is 4.11. The summed E-state index contributed by atoms with van der Waals surface area (Å²) in [5.74, 6) is 0.760. The Morgan fingerprint density at radius 3 is 2.62 bits per heavy atom. The van der Waals surface area contributed by atoms with Gasteiger partial charge in [0.05, 0.1) is 5.56 Å². The molecule has 3 nitrogen and oxygen atoms in total. The monoisotopic (exact) mass is 306 g/mol. The first-order valence-corrected chi connectivity index (χ1v) is 8.40. The van der Waals surface area contributed by atoms with Gasteiger partial charge in [-0.25, -0.2) is 0 Å². The van der Waals surface area contributed by atoms with Crippen molar-refractivity contribution in [3.05, 3.63) is 28.8 Å². The molecule has 1 aromatic rings. The van der Waals surface area contributed by atoms with Gasteiger partial charge >= 0.3 is 0 Å². The first-order valence-electron chi connectivity index (χ1n) is 8.03. The summed E-state index contributed by atoms with van der Waals surface area (Å²) in [5, 5.41) is 0.578. The molecule has 1 atom stereocenters. The second kappa shape index (κ2) is 6.27. The van der Waals surface area contributed by atoms with Crippen molar-refractivity contribution in [2.24, 2.45) is 5.92 Å². The van der Waals surface area contributed by atoms with Crippen molar-refractivity contribution in [2.45, 2.75) is 51.0 Å². The number of hydrogen-bond acceptors (Lipinski definition) is 2. The summed E-state index contributed by atoms with van der Waals surface area (Å²) in [6, 6.07) is 5.58. The third-order valence-corrected chi connectivity index (χ3v) is 5.23. The standard InChI is InChI=1S/C17H23ClN2O/c18-13-8-9-14(15(19)11-13)17(21)20-10-4-7-16(20)12-5-2-1-3-6-12/h8-9,11-12,16H,1-7,10,19H2. The Kier molecular flexibility index (Phi) is 4.39. The van der Waals surface area contributed by atoms with Crippen LogP contribution in [0.4, 0.5) is 5.69 Å². The van der Waals surface area contributed by atoms with Crippen LogP contribution in [0.15, 0.2) is 18.2 Å². The van der Waals surface area contributed by atoms with E-state index in [-0.39, 0.29) is 5.91 Å². The molecule has 1 amide bonds. The van der Waals surface area contributed by atoms with Gasteiger partial charge < -0.3 is 10.6 Å². The third-order valence-electron chi connectivity index (χ3n) is 5.00. The summed E-state index contributed by atoms with van der Waals surface area (Å²) < 4.78 is 0. The number of likely N-dealkylation sites (tertiary alicyclic amines) is 1. The highest BCUT2D eigenvalue weighted by molar-refractivity contribution is 6.31. The minimum absolute atomic E-state index is 0.0808. The van der Waals surface area contributed by atoms with Crippen molar-refractivity contribution in [1.82, 2.24) is 4.90 Å². The smallest absolute Gasteiger partial charge is 0.256 e. The molecule has 0 radical (unpaired) electrons. The Morgan fingerprint density at radius 2 is 1.90 bits per heavy atom. The maximum atomic E-state index is 12.8. The van der Waals surface area contributed by atoms with E-state index < -0.39 is 0 Å². The summed E-state index contributed by atoms with van der Waals surface area (Å²) in [5.41, 5.74) is 7.07. The number of hydrogen-bond donors (Lipinski definition) is 1. The molecule has 0 aromatic heterocycles. The van der Waals surface area contributed by atoms with Crippen LogP contribution in [0.5, 0.6) is 0 Å². The Labute approximate surface area is 131 Å². The van der Waals surface area contributed by atoms with Crippen molar-refractivity contribution >= 4 is 23.2 Å². The lowest BCUT2D eigenvalue weighted by atomic mass is 9.83. The Balaban J connectivity index is 1.79. The van der Waals surface area contributed by atoms with Crippen molar-refractivity contribution in [3.63, 3.8) is 0 Å². The molecule has 1 aromatic carbocycles. The normalized spacial score (nSPS) is 23.5. The molecular formula is C17H23ClN2O. The highest BCUT2D eigenvalue weighted by atomic mass is 35.5. The minimum atomic E-state index is 0.0808. The second-order valence-electron chi connectivity index (χ2n) is 6.34. The fourth-order valence-electron chi connectivity index (χ4n) is 3.94. The number of nitrogen functional groups attached to an aromatic ring is 1. The van der Waals surface area contributed by atoms with E-state index in [1.165, 1.54) is 32.1 Å². The first-order chi connectivity index (χ1) is 10.2. The van der Waals surface area contributed by atoms with E-state index in [4.69, 9.17) is 17.3 Å². The van der Waals surface area contributed by atoms with Gasteiger partial charge in [0.15, 0.2) is 0 Å². The topological polar surface area (TPSA) is 46.3 Å². The maximum Gasteiger partial charge on any atom is 0.256 e. The van der Waals surface area contributed by atoms with Crippen molar-refractivity contribution < 1.29 is 4.79 Å². The van der Waals surface area contributed by atoms with E-state index in [9.17, 15) is 4.79 Å². The molecule has 1 saturated heterocycles. The van der Waals surface area contributed by atoms with E-state index in [2.05, 4.69) is 4.90 Å². The molecule has 1 aliphatic heterocycles. The van der Waals surface area contributed by atoms with E-state index in [1.807, 2.05) is 0 Å². The predicted molar refractivity (Wildman–Crippen MR) is 86.5 cm³/mol. The zero-order valence-electron chi connectivity index (χ0n) is 12.4. The van der Waals surface area contributed by atoms with Gasteiger partial charge in [-0.15, -0.1) is 0 Å². The quantitative estimate of drug-likeness (QED) is 0.836. The maximum absolute atomic E-state index is 12.8. The fourth-order valence-corrected chi connectivity index (χ4v) is 4.12. The number of carbonyl (C=O) groups is 1. The Bertz CT molecular complexity index is 526. The van der Waals surface area contributed by atoms with E-state index in [0.717, 1.165) is 19.4 Å². The summed E-state index contributed by atoms with van der Waals surface area (Å²) in [6.07, 6.45) is 8.76. The SMILES string of the molecule is Nc1cc(Cl)ccc1C(=O)N1CCCC1C1CCCCC1. The van der Waals surface area contributed by atoms with Crippen molar-refractivity contribution in [2.75, 3.05) is 12.3 Å². The zero-order valence-corrected chi connectivity index (χ0v) is 13.1. The minimum Gasteiger partial charge on any atom is -0.398 e. The molecular weight excluding hydrogens is 284 g/mol. The van der Waals surface area contributed by atoms with E-state index >= 15 is 0 Å². The van der Waals surface area contributed by atoms with Crippen molar-refractivity contribution in [1.29, 1.82) is 0 Å². The Hall–Kier alpha value is -1.22. The molecule has 2 fully saturated rings. The van der Waals surface area contributed by atoms with Crippen LogP contribution in [0.25, 0.3) is 0 Å². The first kappa shape index (κ1) is 14.7. The molecule has 1 heterocycles. The molecule has 114 valence electrons. The van der Waals surface area contributed by atoms with Gasteiger partial charge in [0.25, 0.3) is 5.91 Å². The van der Waals surface area contributed by atoms with Crippen LogP contribution in [0.2, 0.25) is 5.02 Å². The van der Waals surface area contributed by atoms with Gasteiger partial charge in [-0.2, -0.15) is 0 Å². The van der Waals surface area contributed by atoms with Gasteiger partial charge in [-0.1, -0.05) is 30.9 Å². The van der Waals surface area contributed by atoms with Gasteiger partial charge in [0, 0.05) is 23.3 Å². The van der Waals surface area contributed by atoms with Crippen LogP contribution < -0.4 is 5.73 Å². The zero-order chi connectivity index (χ0) is 14.8. The van der Waals surface area contributed by atoms with Crippen LogP contribution in [-0.2, 0) is 0 Å². The van der Waals surface area contributed by atoms with Gasteiger partial charge in [0.2, 0.25) is 0 Å². The molecule has 3 rings (SSSR count). The fraction of sp³-hybridized carbons (Fsp3) is 0.588. The molecule has 1 aliphatic carbocycles. The highest BCUT2D eigenvalue weighted by Crippen LogP contribution is 2.35. The number of nitrogens with zero attached hydrogens (tertiary/aromatic N) is 1.